The van der Waals surface area contributed by atoms with Crippen LogP contribution in [0.15, 0.2) is 22.7 Å². The van der Waals surface area contributed by atoms with Gasteiger partial charge in [0.15, 0.2) is 0 Å². The van der Waals surface area contributed by atoms with Crippen LogP contribution in [0.2, 0.25) is 0 Å². The van der Waals surface area contributed by atoms with E-state index in [4.69, 9.17) is 5.73 Å². The molecule has 3 N–H and O–H groups in total. The predicted octanol–water partition coefficient (Wildman–Crippen LogP) is 2.35. The summed E-state index contributed by atoms with van der Waals surface area (Å²) < 4.78 is 0.679. The molecule has 0 amide bonds. The Morgan fingerprint density at radius 3 is 2.42 bits per heavy atom. The highest BCUT2D eigenvalue weighted by atomic mass is 79.9. The lowest BCUT2D eigenvalue weighted by molar-refractivity contribution is 0.470. The molecule has 66 valence electrons. The van der Waals surface area contributed by atoms with Gasteiger partial charge in [0.05, 0.1) is 4.47 Å². The molecule has 1 aromatic rings. The maximum Gasteiger partial charge on any atom is 0.129 e. The third-order valence-corrected chi connectivity index (χ3v) is 2.33. The van der Waals surface area contributed by atoms with Gasteiger partial charge in [0.2, 0.25) is 0 Å². The molecule has 0 heterocycles. The van der Waals surface area contributed by atoms with Crippen molar-refractivity contribution in [2.45, 2.75) is 19.4 Å². The van der Waals surface area contributed by atoms with Crippen LogP contribution in [0.5, 0.6) is 5.75 Å². The smallest absolute Gasteiger partial charge is 0.129 e. The topological polar surface area (TPSA) is 46.2 Å². The molecule has 0 unspecified atom stereocenters. The Labute approximate surface area is 80.5 Å². The van der Waals surface area contributed by atoms with E-state index in [9.17, 15) is 5.11 Å². The molecule has 0 aliphatic carbocycles. The van der Waals surface area contributed by atoms with Crippen molar-refractivity contribution in [1.82, 2.24) is 0 Å². The molecule has 0 atom stereocenters. The molecule has 3 heteroatoms. The third kappa shape index (κ3) is 1.99. The average Bonchev–Trinajstić information content (AvgIpc) is 1.92. The van der Waals surface area contributed by atoms with Gasteiger partial charge in [-0.05, 0) is 47.5 Å². The molecular formula is C9H12BrNO. The van der Waals surface area contributed by atoms with Gasteiger partial charge >= 0.3 is 0 Å². The predicted molar refractivity (Wildman–Crippen MR) is 53.0 cm³/mol. The Morgan fingerprint density at radius 1 is 1.42 bits per heavy atom. The van der Waals surface area contributed by atoms with E-state index in [0.717, 1.165) is 5.56 Å². The molecule has 1 rings (SSSR count). The van der Waals surface area contributed by atoms with E-state index in [2.05, 4.69) is 15.9 Å². The van der Waals surface area contributed by atoms with E-state index in [1.807, 2.05) is 26.0 Å². The van der Waals surface area contributed by atoms with Gasteiger partial charge in [0.1, 0.15) is 5.75 Å². The fourth-order valence-electron chi connectivity index (χ4n) is 0.908. The van der Waals surface area contributed by atoms with Gasteiger partial charge in [-0.3, -0.25) is 0 Å². The SMILES string of the molecule is CC(C)(N)c1ccc(O)c(Br)c1. The van der Waals surface area contributed by atoms with Crippen LogP contribution < -0.4 is 5.73 Å². The summed E-state index contributed by atoms with van der Waals surface area (Å²) in [6.07, 6.45) is 0. The van der Waals surface area contributed by atoms with Gasteiger partial charge < -0.3 is 10.8 Å². The number of halogens is 1. The third-order valence-electron chi connectivity index (χ3n) is 1.69. The fourth-order valence-corrected chi connectivity index (χ4v) is 1.29. The van der Waals surface area contributed by atoms with E-state index in [1.165, 1.54) is 0 Å². The lowest BCUT2D eigenvalue weighted by Crippen LogP contribution is -2.28. The van der Waals surface area contributed by atoms with Crippen molar-refractivity contribution in [3.8, 4) is 5.75 Å². The lowest BCUT2D eigenvalue weighted by Gasteiger charge is -2.19. The van der Waals surface area contributed by atoms with Gasteiger partial charge in [-0.1, -0.05) is 6.07 Å². The first-order chi connectivity index (χ1) is 5.41. The summed E-state index contributed by atoms with van der Waals surface area (Å²) in [7, 11) is 0. The van der Waals surface area contributed by atoms with Crippen LogP contribution in [0, 0.1) is 0 Å². The van der Waals surface area contributed by atoms with Crippen LogP contribution in [0.25, 0.3) is 0 Å². The molecule has 0 saturated carbocycles. The Balaban J connectivity index is 3.14. The highest BCUT2D eigenvalue weighted by Gasteiger charge is 2.14. The normalized spacial score (nSPS) is 11.7. The summed E-state index contributed by atoms with van der Waals surface area (Å²) in [6, 6.07) is 5.28. The maximum absolute atomic E-state index is 9.22. The molecule has 1 aromatic carbocycles. The number of aromatic hydroxyl groups is 1. The van der Waals surface area contributed by atoms with Crippen LogP contribution in [0.3, 0.4) is 0 Å². The molecule has 0 saturated heterocycles. The summed E-state index contributed by atoms with van der Waals surface area (Å²) in [5.74, 6) is 0.239. The zero-order chi connectivity index (χ0) is 9.35. The zero-order valence-corrected chi connectivity index (χ0v) is 8.72. The second kappa shape index (κ2) is 3.07. The molecule has 0 spiro atoms. The highest BCUT2D eigenvalue weighted by Crippen LogP contribution is 2.28. The van der Waals surface area contributed by atoms with E-state index in [0.29, 0.717) is 4.47 Å². The number of benzene rings is 1. The highest BCUT2D eigenvalue weighted by molar-refractivity contribution is 9.10. The summed E-state index contributed by atoms with van der Waals surface area (Å²) in [4.78, 5) is 0. The molecule has 0 aliphatic heterocycles. The van der Waals surface area contributed by atoms with Crippen LogP contribution in [0.1, 0.15) is 19.4 Å². The second-order valence-electron chi connectivity index (χ2n) is 3.39. The maximum atomic E-state index is 9.22. The lowest BCUT2D eigenvalue weighted by atomic mass is 9.96. The molecule has 0 fully saturated rings. The first-order valence-corrected chi connectivity index (χ1v) is 4.48. The number of hydrogen-bond acceptors (Lipinski definition) is 2. The van der Waals surface area contributed by atoms with Crippen molar-refractivity contribution < 1.29 is 5.11 Å². The van der Waals surface area contributed by atoms with Crippen molar-refractivity contribution in [2.75, 3.05) is 0 Å². The number of nitrogens with two attached hydrogens (primary N) is 1. The van der Waals surface area contributed by atoms with E-state index in [-0.39, 0.29) is 11.3 Å². The number of phenolic OH excluding ortho intramolecular Hbond substituents is 1. The Bertz CT molecular complexity index is 291. The van der Waals surface area contributed by atoms with Crippen molar-refractivity contribution in [2.24, 2.45) is 5.73 Å². The minimum Gasteiger partial charge on any atom is -0.507 e. The van der Waals surface area contributed by atoms with Gasteiger partial charge in [0.25, 0.3) is 0 Å². The average molecular weight is 230 g/mol. The molecule has 2 nitrogen and oxygen atoms in total. The van der Waals surface area contributed by atoms with E-state index < -0.39 is 0 Å². The van der Waals surface area contributed by atoms with E-state index in [1.54, 1.807) is 6.07 Å². The summed E-state index contributed by atoms with van der Waals surface area (Å²) in [5, 5.41) is 9.22. The largest absolute Gasteiger partial charge is 0.507 e. The van der Waals surface area contributed by atoms with Crippen LogP contribution in [-0.2, 0) is 5.54 Å². The number of hydrogen-bond donors (Lipinski definition) is 2. The monoisotopic (exact) mass is 229 g/mol. The molecule has 0 bridgehead atoms. The van der Waals surface area contributed by atoms with Crippen molar-refractivity contribution in [3.63, 3.8) is 0 Å². The first-order valence-electron chi connectivity index (χ1n) is 3.69. The van der Waals surface area contributed by atoms with Gasteiger partial charge in [-0.25, -0.2) is 0 Å². The Kier molecular flexibility index (Phi) is 2.44. The van der Waals surface area contributed by atoms with Crippen LogP contribution in [0.4, 0.5) is 0 Å². The first kappa shape index (κ1) is 9.55. The standard InChI is InChI=1S/C9H12BrNO/c1-9(2,11)6-3-4-8(12)7(10)5-6/h3-5,12H,11H2,1-2H3. The molecule has 0 radical (unpaired) electrons. The van der Waals surface area contributed by atoms with E-state index >= 15 is 0 Å². The van der Waals surface area contributed by atoms with Gasteiger partial charge in [-0.2, -0.15) is 0 Å². The quantitative estimate of drug-likeness (QED) is 0.777. The summed E-state index contributed by atoms with van der Waals surface area (Å²) >= 11 is 3.23. The molecule has 12 heavy (non-hydrogen) atoms. The Hall–Kier alpha value is -0.540. The van der Waals surface area contributed by atoms with Crippen LogP contribution >= 0.6 is 15.9 Å². The van der Waals surface area contributed by atoms with Crippen molar-refractivity contribution >= 4 is 15.9 Å². The molecule has 0 aromatic heterocycles. The number of phenols is 1. The number of rotatable bonds is 1. The minimum atomic E-state index is -0.365. The second-order valence-corrected chi connectivity index (χ2v) is 4.24. The van der Waals surface area contributed by atoms with Gasteiger partial charge in [-0.15, -0.1) is 0 Å². The minimum absolute atomic E-state index is 0.239. The van der Waals surface area contributed by atoms with Crippen molar-refractivity contribution in [3.05, 3.63) is 28.2 Å². The fraction of sp³-hybridized carbons (Fsp3) is 0.333. The summed E-state index contributed by atoms with van der Waals surface area (Å²) in [6.45, 7) is 3.84. The molecule has 0 aliphatic rings. The summed E-state index contributed by atoms with van der Waals surface area (Å²) in [5.41, 5.74) is 6.50. The van der Waals surface area contributed by atoms with Gasteiger partial charge in [0, 0.05) is 5.54 Å². The van der Waals surface area contributed by atoms with Crippen LogP contribution in [-0.4, -0.2) is 5.11 Å². The zero-order valence-electron chi connectivity index (χ0n) is 7.13. The Morgan fingerprint density at radius 2 is 2.00 bits per heavy atom. The molecular weight excluding hydrogens is 218 g/mol. The van der Waals surface area contributed by atoms with Crippen molar-refractivity contribution in [1.29, 1.82) is 0 Å².